The predicted molar refractivity (Wildman–Crippen MR) is 68.2 cm³/mol. The average Bonchev–Trinajstić information content (AvgIpc) is 2.74. The van der Waals surface area contributed by atoms with Crippen LogP contribution in [0.25, 0.3) is 11.2 Å². The van der Waals surface area contributed by atoms with Crippen LogP contribution in [-0.4, -0.2) is 39.8 Å². The number of sulfone groups is 1. The summed E-state index contributed by atoms with van der Waals surface area (Å²) in [6.07, 6.45) is -4.78. The number of pyridine rings is 1. The summed E-state index contributed by atoms with van der Waals surface area (Å²) in [6.45, 7) is 1.29. The number of halogens is 3. The van der Waals surface area contributed by atoms with E-state index < -0.39 is 49.8 Å². The summed E-state index contributed by atoms with van der Waals surface area (Å²) in [5, 5.41) is 9.04. The van der Waals surface area contributed by atoms with Crippen molar-refractivity contribution in [2.24, 2.45) is 7.05 Å². The third kappa shape index (κ3) is 2.51. The van der Waals surface area contributed by atoms with Gasteiger partial charge in [-0.3, -0.25) is 0 Å². The Bertz CT molecular complexity index is 871. The van der Waals surface area contributed by atoms with Crippen LogP contribution in [0.3, 0.4) is 0 Å². The van der Waals surface area contributed by atoms with Crippen LogP contribution in [0.2, 0.25) is 0 Å². The van der Waals surface area contributed by atoms with Gasteiger partial charge in [-0.2, -0.15) is 13.2 Å². The lowest BCUT2D eigenvalue weighted by Gasteiger charge is -2.07. The van der Waals surface area contributed by atoms with E-state index in [1.807, 2.05) is 0 Å². The zero-order valence-corrected chi connectivity index (χ0v) is 12.2. The molecule has 0 radical (unpaired) electrons. The zero-order chi connectivity index (χ0) is 16.9. The Morgan fingerprint density at radius 2 is 1.95 bits per heavy atom. The molecule has 0 saturated carbocycles. The van der Waals surface area contributed by atoms with Crippen LogP contribution in [0.4, 0.5) is 13.2 Å². The molecular weight excluding hydrogens is 327 g/mol. The van der Waals surface area contributed by atoms with Crippen molar-refractivity contribution in [2.45, 2.75) is 18.0 Å². The van der Waals surface area contributed by atoms with Gasteiger partial charge < -0.3 is 9.67 Å². The van der Waals surface area contributed by atoms with Gasteiger partial charge in [0.2, 0.25) is 5.82 Å². The molecule has 0 unspecified atom stereocenters. The summed E-state index contributed by atoms with van der Waals surface area (Å²) in [4.78, 5) is 17.2. The SMILES string of the molecule is CCS(=O)(=O)c1cc2c(nc1C(=O)O)nc(C(F)(F)F)n2C. The molecule has 11 heteroatoms. The van der Waals surface area contributed by atoms with E-state index in [4.69, 9.17) is 5.11 Å². The van der Waals surface area contributed by atoms with E-state index >= 15 is 0 Å². The maximum Gasteiger partial charge on any atom is 0.449 e. The van der Waals surface area contributed by atoms with E-state index in [9.17, 15) is 26.4 Å². The second-order valence-electron chi connectivity index (χ2n) is 4.38. The van der Waals surface area contributed by atoms with Crippen LogP contribution < -0.4 is 0 Å². The lowest BCUT2D eigenvalue weighted by molar-refractivity contribution is -0.146. The molecule has 2 aromatic rings. The Morgan fingerprint density at radius 3 is 2.41 bits per heavy atom. The van der Waals surface area contributed by atoms with Gasteiger partial charge in [0.25, 0.3) is 0 Å². The summed E-state index contributed by atoms with van der Waals surface area (Å²) in [5.74, 6) is -3.37. The molecule has 0 aliphatic carbocycles. The number of alkyl halides is 3. The van der Waals surface area contributed by atoms with Gasteiger partial charge in [-0.15, -0.1) is 0 Å². The van der Waals surface area contributed by atoms with Crippen molar-refractivity contribution < 1.29 is 31.5 Å². The second-order valence-corrected chi connectivity index (χ2v) is 6.63. The van der Waals surface area contributed by atoms with Crippen molar-refractivity contribution in [3.05, 3.63) is 17.6 Å². The number of nitrogens with zero attached hydrogens (tertiary/aromatic N) is 3. The first-order valence-electron chi connectivity index (χ1n) is 5.89. The molecule has 0 bridgehead atoms. The normalized spacial score (nSPS) is 12.8. The molecule has 0 aliphatic heterocycles. The standard InChI is InChI=1S/C11H10F3N3O4S/c1-3-22(20,21)6-4-5-8(15-7(6)9(18)19)16-10(17(5)2)11(12,13)14/h4H,3H2,1-2H3,(H,18,19). The number of hydrogen-bond donors (Lipinski definition) is 1. The zero-order valence-electron chi connectivity index (χ0n) is 11.3. The fraction of sp³-hybridized carbons (Fsp3) is 0.364. The molecule has 0 atom stereocenters. The van der Waals surface area contributed by atoms with Crippen LogP contribution in [0.15, 0.2) is 11.0 Å². The third-order valence-electron chi connectivity index (χ3n) is 3.01. The third-order valence-corrected chi connectivity index (χ3v) is 4.75. The summed E-state index contributed by atoms with van der Waals surface area (Å²) >= 11 is 0. The summed E-state index contributed by atoms with van der Waals surface area (Å²) in [5.41, 5.74) is -1.55. The largest absolute Gasteiger partial charge is 0.476 e. The van der Waals surface area contributed by atoms with E-state index in [0.29, 0.717) is 4.57 Å². The number of rotatable bonds is 3. The highest BCUT2D eigenvalue weighted by Crippen LogP contribution is 2.31. The van der Waals surface area contributed by atoms with Crippen LogP contribution in [-0.2, 0) is 23.1 Å². The number of carboxylic acids is 1. The van der Waals surface area contributed by atoms with E-state index in [2.05, 4.69) is 9.97 Å². The Hall–Kier alpha value is -2.17. The molecule has 120 valence electrons. The van der Waals surface area contributed by atoms with Gasteiger partial charge in [0.05, 0.1) is 11.3 Å². The number of aromatic carboxylic acids is 1. The highest BCUT2D eigenvalue weighted by Gasteiger charge is 2.37. The molecule has 0 fully saturated rings. The molecule has 22 heavy (non-hydrogen) atoms. The predicted octanol–water partition coefficient (Wildman–Crippen LogP) is 1.48. The molecule has 0 spiro atoms. The molecule has 0 amide bonds. The number of carbonyl (C=O) groups is 1. The van der Waals surface area contributed by atoms with Crippen LogP contribution in [0, 0.1) is 0 Å². The summed E-state index contributed by atoms with van der Waals surface area (Å²) < 4.78 is 62.9. The Kier molecular flexibility index (Phi) is 3.63. The minimum atomic E-state index is -4.78. The molecule has 2 rings (SSSR count). The van der Waals surface area contributed by atoms with Gasteiger partial charge in [0, 0.05) is 7.05 Å². The maximum absolute atomic E-state index is 12.8. The van der Waals surface area contributed by atoms with Crippen LogP contribution in [0.5, 0.6) is 0 Å². The number of aryl methyl sites for hydroxylation is 1. The first kappa shape index (κ1) is 16.2. The molecule has 0 saturated heterocycles. The fourth-order valence-corrected chi connectivity index (χ4v) is 2.92. The minimum absolute atomic E-state index is 0.218. The molecule has 2 aromatic heterocycles. The number of aromatic nitrogens is 3. The first-order chi connectivity index (χ1) is 9.99. The van der Waals surface area contributed by atoms with Crippen molar-refractivity contribution >= 4 is 27.0 Å². The van der Waals surface area contributed by atoms with Gasteiger partial charge in [0.1, 0.15) is 4.90 Å². The monoisotopic (exact) mass is 337 g/mol. The minimum Gasteiger partial charge on any atom is -0.476 e. The van der Waals surface area contributed by atoms with Crippen LogP contribution >= 0.6 is 0 Å². The van der Waals surface area contributed by atoms with E-state index in [1.54, 1.807) is 0 Å². The van der Waals surface area contributed by atoms with Gasteiger partial charge >= 0.3 is 12.1 Å². The Balaban J connectivity index is 2.90. The van der Waals surface area contributed by atoms with Crippen molar-refractivity contribution in [2.75, 3.05) is 5.75 Å². The smallest absolute Gasteiger partial charge is 0.449 e. The van der Waals surface area contributed by atoms with Crippen molar-refractivity contribution in [3.8, 4) is 0 Å². The fourth-order valence-electron chi connectivity index (χ4n) is 1.89. The lowest BCUT2D eigenvalue weighted by atomic mass is 10.3. The molecule has 0 aliphatic rings. The molecule has 0 aromatic carbocycles. The molecular formula is C11H10F3N3O4S. The Labute approximate surface area is 122 Å². The van der Waals surface area contributed by atoms with E-state index in [-0.39, 0.29) is 5.52 Å². The van der Waals surface area contributed by atoms with Crippen molar-refractivity contribution in [3.63, 3.8) is 0 Å². The highest BCUT2D eigenvalue weighted by atomic mass is 32.2. The molecule has 7 nitrogen and oxygen atoms in total. The topological polar surface area (TPSA) is 102 Å². The number of hydrogen-bond acceptors (Lipinski definition) is 5. The number of carboxylic acid groups (broad SMARTS) is 1. The molecule has 1 N–H and O–H groups in total. The van der Waals surface area contributed by atoms with E-state index in [1.165, 1.54) is 6.92 Å². The van der Waals surface area contributed by atoms with Crippen molar-refractivity contribution in [1.82, 2.24) is 14.5 Å². The van der Waals surface area contributed by atoms with Crippen molar-refractivity contribution in [1.29, 1.82) is 0 Å². The quantitative estimate of drug-likeness (QED) is 0.910. The second kappa shape index (κ2) is 4.93. The van der Waals surface area contributed by atoms with Gasteiger partial charge in [-0.1, -0.05) is 6.92 Å². The Morgan fingerprint density at radius 1 is 1.36 bits per heavy atom. The number of imidazole rings is 1. The molecule has 2 heterocycles. The van der Waals surface area contributed by atoms with Crippen LogP contribution in [0.1, 0.15) is 23.2 Å². The summed E-state index contributed by atoms with van der Waals surface area (Å²) in [6, 6.07) is 0.854. The lowest BCUT2D eigenvalue weighted by Crippen LogP contribution is -2.13. The number of fused-ring (bicyclic) bond motifs is 1. The maximum atomic E-state index is 12.8. The van der Waals surface area contributed by atoms with Gasteiger partial charge in [-0.25, -0.2) is 23.2 Å². The average molecular weight is 337 g/mol. The summed E-state index contributed by atoms with van der Waals surface area (Å²) in [7, 11) is -2.93. The highest BCUT2D eigenvalue weighted by molar-refractivity contribution is 7.91. The van der Waals surface area contributed by atoms with Gasteiger partial charge in [-0.05, 0) is 6.07 Å². The first-order valence-corrected chi connectivity index (χ1v) is 7.55. The van der Waals surface area contributed by atoms with Gasteiger partial charge in [0.15, 0.2) is 21.2 Å². The van der Waals surface area contributed by atoms with E-state index in [0.717, 1.165) is 13.1 Å².